The summed E-state index contributed by atoms with van der Waals surface area (Å²) in [5.74, 6) is -0.296. The van der Waals surface area contributed by atoms with E-state index in [9.17, 15) is 13.2 Å². The van der Waals surface area contributed by atoms with Crippen molar-refractivity contribution in [3.8, 4) is 11.8 Å². The number of hydrogen-bond donors (Lipinski definition) is 2. The van der Waals surface area contributed by atoms with Gasteiger partial charge in [-0.15, -0.1) is 16.2 Å². The number of nitriles is 1. The first-order chi connectivity index (χ1) is 11.3. The van der Waals surface area contributed by atoms with Crippen molar-refractivity contribution in [3.63, 3.8) is 0 Å². The number of amides is 1. The van der Waals surface area contributed by atoms with Gasteiger partial charge in [-0.3, -0.25) is 10.2 Å². The second-order valence-electron chi connectivity index (χ2n) is 4.55. The van der Waals surface area contributed by atoms with Crippen LogP contribution in [0.4, 0.5) is 0 Å². The lowest BCUT2D eigenvalue weighted by molar-refractivity contribution is -0.127. The molecule has 126 valence electrons. The Balaban J connectivity index is 1.92. The summed E-state index contributed by atoms with van der Waals surface area (Å²) in [6.07, 6.45) is -0.951. The number of nitrogens with zero attached hydrogens (tertiary/aromatic N) is 1. The highest BCUT2D eigenvalue weighted by atomic mass is 35.5. The number of nitrogens with one attached hydrogen (secondary N) is 2. The minimum atomic E-state index is -3.89. The SMILES string of the molecule is C[C@H](Oc1ccc(C#N)cc1)C(=O)NNS(=O)(=O)c1ccc(Cl)s1. The molecule has 24 heavy (non-hydrogen) atoms. The lowest BCUT2D eigenvalue weighted by atomic mass is 10.2. The van der Waals surface area contributed by atoms with Crippen LogP contribution in [0.3, 0.4) is 0 Å². The zero-order chi connectivity index (χ0) is 17.7. The Hall–Kier alpha value is -2.12. The Labute approximate surface area is 147 Å². The van der Waals surface area contributed by atoms with Crippen LogP contribution in [0.15, 0.2) is 40.6 Å². The lowest BCUT2D eigenvalue weighted by Gasteiger charge is -2.15. The lowest BCUT2D eigenvalue weighted by Crippen LogP contribution is -2.46. The highest BCUT2D eigenvalue weighted by molar-refractivity contribution is 7.91. The molecule has 0 aliphatic heterocycles. The molecule has 10 heteroatoms. The molecular formula is C14H12ClN3O4S2. The molecule has 1 atom stereocenters. The van der Waals surface area contributed by atoms with Gasteiger partial charge in [-0.05, 0) is 43.3 Å². The van der Waals surface area contributed by atoms with E-state index in [1.807, 2.05) is 10.9 Å². The summed E-state index contributed by atoms with van der Waals surface area (Å²) < 4.78 is 29.6. The second kappa shape index (κ2) is 7.63. The summed E-state index contributed by atoms with van der Waals surface area (Å²) in [5, 5.41) is 8.71. The van der Waals surface area contributed by atoms with Crippen molar-refractivity contribution in [2.45, 2.75) is 17.2 Å². The maximum Gasteiger partial charge on any atom is 0.275 e. The summed E-state index contributed by atoms with van der Waals surface area (Å²) in [5.41, 5.74) is 2.54. The topological polar surface area (TPSA) is 108 Å². The summed E-state index contributed by atoms with van der Waals surface area (Å²) in [7, 11) is -3.89. The molecule has 1 aromatic carbocycles. The van der Waals surface area contributed by atoms with E-state index in [1.165, 1.54) is 19.1 Å². The van der Waals surface area contributed by atoms with Crippen molar-refractivity contribution in [1.82, 2.24) is 10.3 Å². The molecule has 0 bridgehead atoms. The van der Waals surface area contributed by atoms with Crippen molar-refractivity contribution >= 4 is 38.9 Å². The monoisotopic (exact) mass is 385 g/mol. The average molecular weight is 386 g/mol. The van der Waals surface area contributed by atoms with Gasteiger partial charge in [-0.2, -0.15) is 5.26 Å². The minimum absolute atomic E-state index is 0.0199. The van der Waals surface area contributed by atoms with Crippen LogP contribution < -0.4 is 15.0 Å². The molecule has 7 nitrogen and oxygen atoms in total. The first-order valence-electron chi connectivity index (χ1n) is 6.55. The van der Waals surface area contributed by atoms with Gasteiger partial charge in [0, 0.05) is 0 Å². The molecule has 1 heterocycles. The highest BCUT2D eigenvalue weighted by Crippen LogP contribution is 2.24. The number of ether oxygens (including phenoxy) is 1. The summed E-state index contributed by atoms with van der Waals surface area (Å²) >= 11 is 6.56. The van der Waals surface area contributed by atoms with Crippen LogP contribution in [-0.2, 0) is 14.8 Å². The molecule has 2 rings (SSSR count). The third kappa shape index (κ3) is 4.69. The fourth-order valence-electron chi connectivity index (χ4n) is 1.58. The van der Waals surface area contributed by atoms with Crippen LogP contribution in [0.2, 0.25) is 4.34 Å². The van der Waals surface area contributed by atoms with E-state index >= 15 is 0 Å². The fraction of sp³-hybridized carbons (Fsp3) is 0.143. The molecule has 2 aromatic rings. The van der Waals surface area contributed by atoms with Crippen LogP contribution in [-0.4, -0.2) is 20.4 Å². The number of carbonyl (C=O) groups excluding carboxylic acids is 1. The predicted octanol–water partition coefficient (Wildman–Crippen LogP) is 2.05. The molecule has 0 saturated heterocycles. The Bertz CT molecular complexity index is 872. The average Bonchev–Trinajstić information content (AvgIpc) is 3.00. The molecule has 0 spiro atoms. The van der Waals surface area contributed by atoms with Gasteiger partial charge in [0.2, 0.25) is 0 Å². The maximum atomic E-state index is 12.0. The Morgan fingerprint density at radius 3 is 2.50 bits per heavy atom. The van der Waals surface area contributed by atoms with Crippen molar-refractivity contribution in [1.29, 1.82) is 5.26 Å². The third-order valence-electron chi connectivity index (χ3n) is 2.79. The highest BCUT2D eigenvalue weighted by Gasteiger charge is 2.20. The molecule has 0 aliphatic rings. The van der Waals surface area contributed by atoms with Gasteiger partial charge in [0.05, 0.1) is 16.0 Å². The minimum Gasteiger partial charge on any atom is -0.481 e. The van der Waals surface area contributed by atoms with E-state index in [-0.39, 0.29) is 4.21 Å². The second-order valence-corrected chi connectivity index (χ2v) is 8.17. The van der Waals surface area contributed by atoms with E-state index < -0.39 is 22.0 Å². The number of hydrogen-bond acceptors (Lipinski definition) is 6. The van der Waals surface area contributed by atoms with E-state index in [4.69, 9.17) is 21.6 Å². The zero-order valence-corrected chi connectivity index (χ0v) is 14.7. The number of carbonyl (C=O) groups is 1. The number of benzene rings is 1. The standard InChI is InChI=1S/C14H12ClN3O4S2/c1-9(22-11-4-2-10(8-16)3-5-11)14(19)17-18-24(20,21)13-7-6-12(15)23-13/h2-7,9,18H,1H3,(H,17,19)/t9-/m0/s1. The van der Waals surface area contributed by atoms with Gasteiger partial charge in [-0.1, -0.05) is 11.6 Å². The van der Waals surface area contributed by atoms with Gasteiger partial charge < -0.3 is 4.74 Å². The summed E-state index contributed by atoms with van der Waals surface area (Å²) in [6, 6.07) is 10.9. The molecule has 1 aromatic heterocycles. The summed E-state index contributed by atoms with van der Waals surface area (Å²) in [4.78, 5) is 13.9. The quantitative estimate of drug-likeness (QED) is 0.740. The van der Waals surface area contributed by atoms with Crippen LogP contribution in [0, 0.1) is 11.3 Å². The number of sulfonamides is 1. The predicted molar refractivity (Wildman–Crippen MR) is 89.0 cm³/mol. The van der Waals surface area contributed by atoms with Crippen molar-refractivity contribution in [2.24, 2.45) is 0 Å². The Morgan fingerprint density at radius 1 is 1.29 bits per heavy atom. The van der Waals surface area contributed by atoms with Gasteiger partial charge in [0.1, 0.15) is 9.96 Å². The number of hydrazine groups is 1. The van der Waals surface area contributed by atoms with E-state index in [0.29, 0.717) is 15.6 Å². The van der Waals surface area contributed by atoms with Crippen LogP contribution in [0.25, 0.3) is 0 Å². The fourth-order valence-corrected chi connectivity index (χ4v) is 3.91. The molecule has 0 unspecified atom stereocenters. The van der Waals surface area contributed by atoms with Gasteiger partial charge in [0.15, 0.2) is 6.10 Å². The first-order valence-corrected chi connectivity index (χ1v) is 9.23. The van der Waals surface area contributed by atoms with Crippen molar-refractivity contribution in [2.75, 3.05) is 0 Å². The Kier molecular flexibility index (Phi) is 5.80. The van der Waals surface area contributed by atoms with Crippen molar-refractivity contribution < 1.29 is 17.9 Å². The molecule has 0 fully saturated rings. The van der Waals surface area contributed by atoms with Gasteiger partial charge in [0.25, 0.3) is 15.9 Å². The molecule has 0 saturated carbocycles. The normalized spacial score (nSPS) is 12.2. The maximum absolute atomic E-state index is 12.0. The number of rotatable bonds is 6. The molecule has 1 amide bonds. The molecule has 2 N–H and O–H groups in total. The largest absolute Gasteiger partial charge is 0.481 e. The summed E-state index contributed by atoms with van der Waals surface area (Å²) in [6.45, 7) is 1.46. The van der Waals surface area contributed by atoms with Gasteiger partial charge >= 0.3 is 0 Å². The zero-order valence-electron chi connectivity index (χ0n) is 12.3. The number of thiophene rings is 1. The molecular weight excluding hydrogens is 374 g/mol. The van der Waals surface area contributed by atoms with Crippen LogP contribution in [0.1, 0.15) is 12.5 Å². The van der Waals surface area contributed by atoms with Crippen molar-refractivity contribution in [3.05, 3.63) is 46.3 Å². The van der Waals surface area contributed by atoms with Gasteiger partial charge in [-0.25, -0.2) is 8.42 Å². The van der Waals surface area contributed by atoms with E-state index in [2.05, 4.69) is 5.43 Å². The molecule has 0 radical (unpaired) electrons. The van der Waals surface area contributed by atoms with Crippen LogP contribution in [0.5, 0.6) is 5.75 Å². The smallest absolute Gasteiger partial charge is 0.275 e. The van der Waals surface area contributed by atoms with E-state index in [1.54, 1.807) is 24.3 Å². The third-order valence-corrected chi connectivity index (χ3v) is 5.76. The Morgan fingerprint density at radius 2 is 1.96 bits per heavy atom. The number of halogens is 1. The first kappa shape index (κ1) is 18.2. The van der Waals surface area contributed by atoms with Crippen LogP contribution >= 0.6 is 22.9 Å². The molecule has 0 aliphatic carbocycles. The van der Waals surface area contributed by atoms with E-state index in [0.717, 1.165) is 11.3 Å².